The molecule has 0 radical (unpaired) electrons. The molecule has 7 nitrogen and oxygen atoms in total. The number of rotatable bonds is 4. The lowest BCUT2D eigenvalue weighted by Gasteiger charge is -2.22. The van der Waals surface area contributed by atoms with Crippen LogP contribution in [0.2, 0.25) is 0 Å². The van der Waals surface area contributed by atoms with Gasteiger partial charge in [0.1, 0.15) is 5.60 Å². The van der Waals surface area contributed by atoms with Crippen LogP contribution < -0.4 is 5.32 Å². The lowest BCUT2D eigenvalue weighted by molar-refractivity contribution is -0.00686. The van der Waals surface area contributed by atoms with Crippen molar-refractivity contribution in [3.8, 4) is 0 Å². The summed E-state index contributed by atoms with van der Waals surface area (Å²) in [4.78, 5) is 15.6. The zero-order chi connectivity index (χ0) is 23.5. The van der Waals surface area contributed by atoms with Gasteiger partial charge in [-0.25, -0.2) is 13.2 Å². The number of carbonyl (C=O) groups is 1. The molecule has 8 heteroatoms. The average Bonchev–Trinajstić information content (AvgIpc) is 2.72. The lowest BCUT2D eigenvalue weighted by Crippen LogP contribution is -2.40. The molecule has 0 spiro atoms. The van der Waals surface area contributed by atoms with Crippen LogP contribution in [0.25, 0.3) is 16.3 Å². The Balaban J connectivity index is 2.12. The minimum Gasteiger partial charge on any atom is -0.444 e. The lowest BCUT2D eigenvalue weighted by atomic mass is 10.0. The van der Waals surface area contributed by atoms with Crippen molar-refractivity contribution < 1.29 is 22.7 Å². The first-order valence-electron chi connectivity index (χ1n) is 10.0. The van der Waals surface area contributed by atoms with Gasteiger partial charge in [0.15, 0.2) is 6.04 Å². The molecule has 3 aromatic carbocycles. The number of nitrogens with zero attached hydrogens (tertiary/aromatic N) is 2. The molecule has 0 saturated heterocycles. The summed E-state index contributed by atoms with van der Waals surface area (Å²) in [5.74, 6) is 0. The van der Waals surface area contributed by atoms with Gasteiger partial charge < -0.3 is 15.6 Å². The number of alkyl carbamates (subject to hydrolysis) is 1. The van der Waals surface area contributed by atoms with Crippen molar-refractivity contribution in [1.29, 1.82) is 0 Å². The van der Waals surface area contributed by atoms with Crippen molar-refractivity contribution in [3.63, 3.8) is 0 Å². The van der Waals surface area contributed by atoms with Crippen LogP contribution in [0.5, 0.6) is 0 Å². The van der Waals surface area contributed by atoms with E-state index in [-0.39, 0.29) is 4.90 Å². The second kappa shape index (κ2) is 8.94. The molecule has 0 aromatic heterocycles. The van der Waals surface area contributed by atoms with E-state index in [0.717, 1.165) is 16.3 Å². The zero-order valence-electron chi connectivity index (χ0n) is 18.4. The van der Waals surface area contributed by atoms with Crippen molar-refractivity contribution >= 4 is 31.7 Å². The molecular weight excluding hydrogens is 426 g/mol. The van der Waals surface area contributed by atoms with Crippen LogP contribution in [-0.2, 0) is 14.6 Å². The monoisotopic (exact) mass is 451 g/mol. The van der Waals surface area contributed by atoms with Crippen molar-refractivity contribution in [2.75, 3.05) is 0 Å². The number of carbonyl (C=O) groups excluding carboxylic acids is 1. The van der Waals surface area contributed by atoms with Crippen molar-refractivity contribution in [3.05, 3.63) is 83.4 Å². The molecular formula is C24H25N3O4S. The van der Waals surface area contributed by atoms with E-state index in [4.69, 9.17) is 4.74 Å². The molecule has 0 bridgehead atoms. The molecule has 0 aliphatic carbocycles. The fourth-order valence-electron chi connectivity index (χ4n) is 3.21. The van der Waals surface area contributed by atoms with Crippen LogP contribution >= 0.6 is 0 Å². The zero-order valence-corrected chi connectivity index (χ0v) is 19.2. The number of benzene rings is 3. The van der Waals surface area contributed by atoms with Crippen molar-refractivity contribution in [1.82, 2.24) is 5.32 Å². The summed E-state index contributed by atoms with van der Waals surface area (Å²) in [6.45, 7) is 6.92. The minimum absolute atomic E-state index is 0.0484. The van der Waals surface area contributed by atoms with Gasteiger partial charge in [-0.15, -0.1) is 0 Å². The van der Waals surface area contributed by atoms with E-state index >= 15 is 0 Å². The molecule has 0 heterocycles. The minimum atomic E-state index is -4.23. The normalized spacial score (nSPS) is 12.6. The molecule has 1 atom stereocenters. The number of aryl methyl sites for hydroxylation is 1. The fourth-order valence-corrected chi connectivity index (χ4v) is 4.55. The van der Waals surface area contributed by atoms with E-state index in [0.29, 0.717) is 5.56 Å². The van der Waals surface area contributed by atoms with E-state index in [1.807, 2.05) is 37.3 Å². The Bertz CT molecular complexity index is 1300. The van der Waals surface area contributed by atoms with Crippen LogP contribution in [0.4, 0.5) is 4.79 Å². The van der Waals surface area contributed by atoms with Gasteiger partial charge in [0.05, 0.1) is 4.90 Å². The third-order valence-electron chi connectivity index (χ3n) is 4.72. The SMILES string of the molecule is Cc1ccc(S(=O)(=O)C(=[N+]=[N-])[C@H](NC(=O)OC(C)(C)C)c2ccc3ccccc3c2)cc1. The first-order chi connectivity index (χ1) is 15.0. The number of amides is 1. The Morgan fingerprint density at radius 2 is 1.62 bits per heavy atom. The van der Waals surface area contributed by atoms with Gasteiger partial charge >= 0.3 is 11.1 Å². The summed E-state index contributed by atoms with van der Waals surface area (Å²) in [6.07, 6.45) is -0.837. The molecule has 32 heavy (non-hydrogen) atoms. The molecule has 0 unspecified atom stereocenters. The highest BCUT2D eigenvalue weighted by Crippen LogP contribution is 2.26. The summed E-state index contributed by atoms with van der Waals surface area (Å²) in [5.41, 5.74) is 10.3. The second-order valence-electron chi connectivity index (χ2n) is 8.44. The largest absolute Gasteiger partial charge is 0.444 e. The molecule has 3 rings (SSSR count). The highest BCUT2D eigenvalue weighted by atomic mass is 32.2. The summed E-state index contributed by atoms with van der Waals surface area (Å²) in [7, 11) is -4.23. The number of fused-ring (bicyclic) bond motifs is 1. The molecule has 166 valence electrons. The van der Waals surface area contributed by atoms with E-state index in [9.17, 15) is 18.7 Å². The smallest absolute Gasteiger partial charge is 0.412 e. The molecule has 0 aliphatic rings. The molecule has 3 aromatic rings. The fraction of sp³-hybridized carbons (Fsp3) is 0.250. The van der Waals surface area contributed by atoms with E-state index in [1.54, 1.807) is 45.0 Å². The third-order valence-corrected chi connectivity index (χ3v) is 6.48. The van der Waals surface area contributed by atoms with E-state index < -0.39 is 32.6 Å². The highest BCUT2D eigenvalue weighted by molar-refractivity contribution is 8.06. The van der Waals surface area contributed by atoms with Crippen LogP contribution in [0.15, 0.2) is 71.6 Å². The van der Waals surface area contributed by atoms with Gasteiger partial charge in [0.2, 0.25) is 0 Å². The van der Waals surface area contributed by atoms with Gasteiger partial charge in [0.25, 0.3) is 9.84 Å². The molecule has 0 aliphatic heterocycles. The van der Waals surface area contributed by atoms with Crippen molar-refractivity contribution in [2.24, 2.45) is 0 Å². The summed E-state index contributed by atoms with van der Waals surface area (Å²) < 4.78 is 32.0. The third kappa shape index (κ3) is 5.22. The van der Waals surface area contributed by atoms with Crippen LogP contribution in [0.1, 0.15) is 37.9 Å². The number of hydrogen-bond donors (Lipinski definition) is 1. The van der Waals surface area contributed by atoms with E-state index in [1.165, 1.54) is 12.1 Å². The number of hydrogen-bond acceptors (Lipinski definition) is 4. The highest BCUT2D eigenvalue weighted by Gasteiger charge is 2.41. The summed E-state index contributed by atoms with van der Waals surface area (Å²) in [6, 6.07) is 17.6. The van der Waals surface area contributed by atoms with Gasteiger partial charge in [0, 0.05) is 0 Å². The maximum absolute atomic E-state index is 13.3. The second-order valence-corrected chi connectivity index (χ2v) is 10.3. The Kier molecular flexibility index (Phi) is 6.48. The average molecular weight is 452 g/mol. The molecule has 1 N–H and O–H groups in total. The maximum Gasteiger partial charge on any atom is 0.412 e. The standard InChI is InChI=1S/C24H25N3O4S/c1-16-9-13-20(14-10-16)32(29,30)22(27-25)21(26-23(28)31-24(2,3)4)19-12-11-17-7-5-6-8-18(17)15-19/h5-15,21H,1-4H3,(H,26,28)/t21-/m1/s1. The Morgan fingerprint density at radius 3 is 2.22 bits per heavy atom. The van der Waals surface area contributed by atoms with Crippen molar-refractivity contribution in [2.45, 2.75) is 44.2 Å². The topological polar surface area (TPSA) is 109 Å². The van der Waals surface area contributed by atoms with E-state index in [2.05, 4.69) is 10.1 Å². The van der Waals surface area contributed by atoms with Gasteiger partial charge in [-0.1, -0.05) is 54.1 Å². The molecule has 1 amide bonds. The van der Waals surface area contributed by atoms with Gasteiger partial charge in [-0.2, -0.15) is 4.79 Å². The van der Waals surface area contributed by atoms with Gasteiger partial charge in [-0.05, 0) is 62.2 Å². The summed E-state index contributed by atoms with van der Waals surface area (Å²) in [5, 5.41) is 3.73. The molecule has 0 fully saturated rings. The number of nitrogens with one attached hydrogen (secondary N) is 1. The predicted octanol–water partition coefficient (Wildman–Crippen LogP) is 4.82. The summed E-state index contributed by atoms with van der Waals surface area (Å²) >= 11 is 0. The van der Waals surface area contributed by atoms with Crippen LogP contribution in [-0.4, -0.2) is 29.9 Å². The number of sulfone groups is 1. The Hall–Kier alpha value is -3.48. The predicted molar refractivity (Wildman–Crippen MR) is 123 cm³/mol. The quantitative estimate of drug-likeness (QED) is 0.265. The molecule has 0 saturated carbocycles. The first kappa shape index (κ1) is 23.2. The number of ether oxygens (including phenoxy) is 1. The maximum atomic E-state index is 13.3. The van der Waals surface area contributed by atoms with Crippen LogP contribution in [0.3, 0.4) is 0 Å². The first-order valence-corrected chi connectivity index (χ1v) is 11.5. The van der Waals surface area contributed by atoms with Gasteiger partial charge in [-0.3, -0.25) is 0 Å². The Morgan fingerprint density at radius 1 is 1.00 bits per heavy atom. The van der Waals surface area contributed by atoms with Crippen LogP contribution in [0, 0.1) is 6.92 Å². The Labute approximate surface area is 187 Å².